The molecule has 2 rings (SSSR count). The number of hydrogen-bond donors (Lipinski definition) is 0. The fraction of sp³-hybridized carbons (Fsp3) is 0.261. The number of amides is 1. The Morgan fingerprint density at radius 3 is 2.59 bits per heavy atom. The SMILES string of the molecule is CCOc1cc(/C=C/C(=O)OCC(=O)N(CCC#N)c2ccc(F)cc2)cc(Cl)c1OC. The van der Waals surface area contributed by atoms with E-state index in [1.165, 1.54) is 42.4 Å². The minimum absolute atomic E-state index is 0.0668. The molecule has 0 N–H and O–H groups in total. The smallest absolute Gasteiger partial charge is 0.331 e. The van der Waals surface area contributed by atoms with E-state index in [0.29, 0.717) is 34.4 Å². The zero-order chi connectivity index (χ0) is 23.5. The summed E-state index contributed by atoms with van der Waals surface area (Å²) in [7, 11) is 1.47. The summed E-state index contributed by atoms with van der Waals surface area (Å²) in [6.45, 7) is 1.76. The van der Waals surface area contributed by atoms with Gasteiger partial charge < -0.3 is 19.1 Å². The molecular weight excluding hydrogens is 439 g/mol. The molecule has 0 heterocycles. The summed E-state index contributed by atoms with van der Waals surface area (Å²) < 4.78 is 28.9. The third-order valence-corrected chi connectivity index (χ3v) is 4.45. The third kappa shape index (κ3) is 7.00. The number of rotatable bonds is 10. The first-order chi connectivity index (χ1) is 15.4. The van der Waals surface area contributed by atoms with Crippen LogP contribution in [-0.4, -0.2) is 38.7 Å². The van der Waals surface area contributed by atoms with Crippen molar-refractivity contribution in [2.24, 2.45) is 0 Å². The quantitative estimate of drug-likeness (QED) is 0.386. The van der Waals surface area contributed by atoms with Crippen molar-refractivity contribution < 1.29 is 28.2 Å². The van der Waals surface area contributed by atoms with Crippen LogP contribution in [0.25, 0.3) is 6.08 Å². The minimum Gasteiger partial charge on any atom is -0.491 e. The number of esters is 1. The van der Waals surface area contributed by atoms with E-state index in [-0.39, 0.29) is 13.0 Å². The molecule has 0 aliphatic carbocycles. The maximum Gasteiger partial charge on any atom is 0.331 e. The molecule has 1 amide bonds. The second-order valence-electron chi connectivity index (χ2n) is 6.34. The lowest BCUT2D eigenvalue weighted by molar-refractivity contribution is -0.142. The first-order valence-corrected chi connectivity index (χ1v) is 10.1. The van der Waals surface area contributed by atoms with Crippen LogP contribution in [-0.2, 0) is 14.3 Å². The Morgan fingerprint density at radius 2 is 1.97 bits per heavy atom. The lowest BCUT2D eigenvalue weighted by Gasteiger charge is -2.21. The van der Waals surface area contributed by atoms with Crippen LogP contribution in [0.5, 0.6) is 11.5 Å². The second kappa shape index (κ2) is 12.3. The van der Waals surface area contributed by atoms with Gasteiger partial charge in [-0.15, -0.1) is 0 Å². The molecule has 0 radical (unpaired) electrons. The highest BCUT2D eigenvalue weighted by molar-refractivity contribution is 6.32. The topological polar surface area (TPSA) is 88.9 Å². The van der Waals surface area contributed by atoms with Crippen molar-refractivity contribution >= 4 is 35.2 Å². The predicted octanol–water partition coefficient (Wildman–Crippen LogP) is 4.39. The highest BCUT2D eigenvalue weighted by Crippen LogP contribution is 2.36. The molecule has 7 nitrogen and oxygen atoms in total. The maximum atomic E-state index is 13.2. The fourth-order valence-electron chi connectivity index (χ4n) is 2.75. The molecule has 0 saturated heterocycles. The van der Waals surface area contributed by atoms with Crippen LogP contribution in [0.1, 0.15) is 18.9 Å². The normalized spacial score (nSPS) is 10.5. The van der Waals surface area contributed by atoms with Crippen molar-refractivity contribution in [1.29, 1.82) is 5.26 Å². The summed E-state index contributed by atoms with van der Waals surface area (Å²) in [4.78, 5) is 25.9. The van der Waals surface area contributed by atoms with Gasteiger partial charge in [-0.2, -0.15) is 5.26 Å². The Kier molecular flexibility index (Phi) is 9.51. The van der Waals surface area contributed by atoms with E-state index in [4.69, 9.17) is 31.1 Å². The van der Waals surface area contributed by atoms with E-state index in [9.17, 15) is 14.0 Å². The van der Waals surface area contributed by atoms with Crippen molar-refractivity contribution in [3.8, 4) is 17.6 Å². The molecular formula is C23H22ClFN2O5. The second-order valence-corrected chi connectivity index (χ2v) is 6.75. The molecule has 0 spiro atoms. The Bertz CT molecular complexity index is 1020. The molecule has 2 aromatic carbocycles. The molecule has 0 unspecified atom stereocenters. The minimum atomic E-state index is -0.748. The van der Waals surface area contributed by atoms with E-state index >= 15 is 0 Å². The highest BCUT2D eigenvalue weighted by Gasteiger charge is 2.17. The highest BCUT2D eigenvalue weighted by atomic mass is 35.5. The molecule has 0 saturated carbocycles. The number of nitrogens with zero attached hydrogens (tertiary/aromatic N) is 2. The van der Waals surface area contributed by atoms with E-state index in [0.717, 1.165) is 6.08 Å². The molecule has 168 valence electrons. The summed E-state index contributed by atoms with van der Waals surface area (Å²) in [6.07, 6.45) is 2.68. The first-order valence-electron chi connectivity index (χ1n) is 9.67. The van der Waals surface area contributed by atoms with Gasteiger partial charge in [0.15, 0.2) is 18.1 Å². The number of benzene rings is 2. The number of carbonyl (C=O) groups is 2. The molecule has 2 aromatic rings. The van der Waals surface area contributed by atoms with E-state index in [2.05, 4.69) is 0 Å². The summed E-state index contributed by atoms with van der Waals surface area (Å²) in [5.41, 5.74) is 0.971. The van der Waals surface area contributed by atoms with Crippen molar-refractivity contribution in [3.05, 3.63) is 58.9 Å². The number of carbonyl (C=O) groups excluding carboxylic acids is 2. The van der Waals surface area contributed by atoms with Crippen molar-refractivity contribution in [3.63, 3.8) is 0 Å². The van der Waals surface area contributed by atoms with Crippen LogP contribution in [0.2, 0.25) is 5.02 Å². The molecule has 0 aliphatic heterocycles. The molecule has 0 aromatic heterocycles. The van der Waals surface area contributed by atoms with Crippen molar-refractivity contribution in [1.82, 2.24) is 0 Å². The number of anilines is 1. The maximum absolute atomic E-state index is 13.2. The van der Waals surface area contributed by atoms with Gasteiger partial charge in [-0.1, -0.05) is 11.6 Å². The Hall–Kier alpha value is -3.57. The number of nitriles is 1. The largest absolute Gasteiger partial charge is 0.491 e. The molecule has 0 bridgehead atoms. The summed E-state index contributed by atoms with van der Waals surface area (Å²) in [6, 6.07) is 10.4. The molecule has 32 heavy (non-hydrogen) atoms. The van der Waals surface area contributed by atoms with Gasteiger partial charge in [0.2, 0.25) is 0 Å². The molecule has 0 atom stereocenters. The Labute approximate surface area is 190 Å². The summed E-state index contributed by atoms with van der Waals surface area (Å²) in [5, 5.41) is 9.14. The van der Waals surface area contributed by atoms with Crippen LogP contribution in [0, 0.1) is 17.1 Å². The monoisotopic (exact) mass is 460 g/mol. The standard InChI is InChI=1S/C23H22ClFN2O5/c1-3-31-20-14-16(13-19(24)23(20)30-2)5-10-22(29)32-15-21(28)27(12-4-11-26)18-8-6-17(25)7-9-18/h5-10,13-14H,3-4,12,15H2,1-2H3/b10-5+. The average molecular weight is 461 g/mol. The first kappa shape index (κ1) is 24.7. The predicted molar refractivity (Wildman–Crippen MR) is 118 cm³/mol. The van der Waals surface area contributed by atoms with Crippen molar-refractivity contribution in [2.45, 2.75) is 13.3 Å². The molecule has 0 aliphatic rings. The van der Waals surface area contributed by atoms with Crippen LogP contribution in [0.15, 0.2) is 42.5 Å². The number of halogens is 2. The molecule has 9 heteroatoms. The van der Waals surface area contributed by atoms with E-state index < -0.39 is 24.3 Å². The summed E-state index contributed by atoms with van der Waals surface area (Å²) in [5.74, 6) is -0.929. The van der Waals surface area contributed by atoms with Crippen LogP contribution in [0.4, 0.5) is 10.1 Å². The lowest BCUT2D eigenvalue weighted by Crippen LogP contribution is -2.35. The van der Waals surface area contributed by atoms with Crippen LogP contribution in [0.3, 0.4) is 0 Å². The Morgan fingerprint density at radius 1 is 1.25 bits per heavy atom. The van der Waals surface area contributed by atoms with Gasteiger partial charge in [-0.25, -0.2) is 9.18 Å². The third-order valence-electron chi connectivity index (χ3n) is 4.17. The zero-order valence-corrected chi connectivity index (χ0v) is 18.4. The van der Waals surface area contributed by atoms with Crippen molar-refractivity contribution in [2.75, 3.05) is 31.8 Å². The number of hydrogen-bond acceptors (Lipinski definition) is 6. The van der Waals surface area contributed by atoms with Gasteiger partial charge in [0.05, 0.1) is 31.2 Å². The van der Waals surface area contributed by atoms with Gasteiger partial charge in [0.1, 0.15) is 5.82 Å². The van der Waals surface area contributed by atoms with Gasteiger partial charge in [-0.3, -0.25) is 4.79 Å². The number of methoxy groups -OCH3 is 1. The van der Waals surface area contributed by atoms with Gasteiger partial charge in [0.25, 0.3) is 5.91 Å². The zero-order valence-electron chi connectivity index (χ0n) is 17.6. The lowest BCUT2D eigenvalue weighted by atomic mass is 10.2. The van der Waals surface area contributed by atoms with Crippen LogP contribution < -0.4 is 14.4 Å². The van der Waals surface area contributed by atoms with Gasteiger partial charge in [-0.05, 0) is 55.0 Å². The van der Waals surface area contributed by atoms with Crippen LogP contribution >= 0.6 is 11.6 Å². The Balaban J connectivity index is 2.04. The van der Waals surface area contributed by atoms with Gasteiger partial charge in [0, 0.05) is 18.3 Å². The fourth-order valence-corrected chi connectivity index (χ4v) is 3.05. The molecule has 0 fully saturated rings. The van der Waals surface area contributed by atoms with E-state index in [1.807, 2.05) is 13.0 Å². The van der Waals surface area contributed by atoms with E-state index in [1.54, 1.807) is 12.1 Å². The summed E-state index contributed by atoms with van der Waals surface area (Å²) >= 11 is 6.18. The average Bonchev–Trinajstić information content (AvgIpc) is 2.77. The van der Waals surface area contributed by atoms with Gasteiger partial charge >= 0.3 is 5.97 Å². The number of ether oxygens (including phenoxy) is 3.